The van der Waals surface area contributed by atoms with Gasteiger partial charge in [0.2, 0.25) is 12.7 Å². The van der Waals surface area contributed by atoms with Gasteiger partial charge in [-0.15, -0.1) is 0 Å². The Kier molecular flexibility index (Phi) is 4.93. The molecule has 9 heteroatoms. The lowest BCUT2D eigenvalue weighted by atomic mass is 10.2. The van der Waals surface area contributed by atoms with E-state index in [1.807, 2.05) is 0 Å². The summed E-state index contributed by atoms with van der Waals surface area (Å²) in [4.78, 5) is 32.1. The van der Waals surface area contributed by atoms with E-state index in [9.17, 15) is 9.59 Å². The Morgan fingerprint density at radius 1 is 0.931 bits per heavy atom. The minimum atomic E-state index is -0.411. The van der Waals surface area contributed by atoms with Gasteiger partial charge in [0.25, 0.3) is 5.91 Å². The molecule has 2 heterocycles. The summed E-state index contributed by atoms with van der Waals surface area (Å²) >= 11 is 0. The fourth-order valence-corrected chi connectivity index (χ4v) is 2.62. The normalized spacial score (nSPS) is 11.6. The van der Waals surface area contributed by atoms with Crippen LogP contribution in [0.1, 0.15) is 20.7 Å². The Morgan fingerprint density at radius 2 is 1.62 bits per heavy atom. The molecule has 1 amide bonds. The van der Waals surface area contributed by atoms with Crippen molar-refractivity contribution in [1.82, 2.24) is 9.97 Å². The lowest BCUT2D eigenvalue weighted by molar-refractivity contribution is 0.0600. The van der Waals surface area contributed by atoms with Gasteiger partial charge in [-0.2, -0.15) is 0 Å². The predicted molar refractivity (Wildman–Crippen MR) is 104 cm³/mol. The highest BCUT2D eigenvalue weighted by molar-refractivity contribution is 6.04. The zero-order valence-electron chi connectivity index (χ0n) is 15.3. The smallest absolute Gasteiger partial charge is 0.337 e. The van der Waals surface area contributed by atoms with Gasteiger partial charge in [-0.25, -0.2) is 14.8 Å². The number of aromatic nitrogens is 2. The molecular weight excluding hydrogens is 376 g/mol. The number of hydrogen-bond donors (Lipinski definition) is 2. The summed E-state index contributed by atoms with van der Waals surface area (Å²) in [5.74, 6) is 0.775. The van der Waals surface area contributed by atoms with Crippen molar-refractivity contribution in [2.75, 3.05) is 24.5 Å². The SMILES string of the molecule is COC(=O)c1ccc(Nc2ncc(C(=O)Nc3ccc4c(c3)OCO4)cn2)cc1. The van der Waals surface area contributed by atoms with Crippen molar-refractivity contribution in [2.45, 2.75) is 0 Å². The van der Waals surface area contributed by atoms with Crippen LogP contribution in [0.25, 0.3) is 0 Å². The van der Waals surface area contributed by atoms with Crippen molar-refractivity contribution in [3.05, 3.63) is 66.0 Å². The lowest BCUT2D eigenvalue weighted by Gasteiger charge is -2.08. The van der Waals surface area contributed by atoms with Gasteiger partial charge in [0.1, 0.15) is 0 Å². The highest BCUT2D eigenvalue weighted by Crippen LogP contribution is 2.34. The fraction of sp³-hybridized carbons (Fsp3) is 0.100. The van der Waals surface area contributed by atoms with Crippen molar-refractivity contribution in [2.24, 2.45) is 0 Å². The number of hydrogen-bond acceptors (Lipinski definition) is 8. The second-order valence-electron chi connectivity index (χ2n) is 6.01. The third kappa shape index (κ3) is 4.08. The number of rotatable bonds is 5. The number of carbonyl (C=O) groups excluding carboxylic acids is 2. The molecule has 0 fully saturated rings. The number of anilines is 3. The summed E-state index contributed by atoms with van der Waals surface area (Å²) in [6, 6.07) is 11.8. The maximum absolute atomic E-state index is 12.4. The first-order valence-corrected chi connectivity index (χ1v) is 8.61. The highest BCUT2D eigenvalue weighted by Gasteiger charge is 2.15. The molecule has 1 aliphatic rings. The highest BCUT2D eigenvalue weighted by atomic mass is 16.7. The monoisotopic (exact) mass is 392 g/mol. The van der Waals surface area contributed by atoms with E-state index in [0.29, 0.717) is 39.9 Å². The number of ether oxygens (including phenoxy) is 3. The Balaban J connectivity index is 1.39. The van der Waals surface area contributed by atoms with Crippen LogP contribution in [0.5, 0.6) is 11.5 Å². The molecule has 0 spiro atoms. The van der Waals surface area contributed by atoms with Gasteiger partial charge < -0.3 is 24.8 Å². The first-order valence-electron chi connectivity index (χ1n) is 8.61. The molecule has 2 N–H and O–H groups in total. The van der Waals surface area contributed by atoms with E-state index >= 15 is 0 Å². The number of fused-ring (bicyclic) bond motifs is 1. The number of carbonyl (C=O) groups is 2. The van der Waals surface area contributed by atoms with E-state index in [-0.39, 0.29) is 12.7 Å². The number of amides is 1. The largest absolute Gasteiger partial charge is 0.465 e. The van der Waals surface area contributed by atoms with Crippen LogP contribution in [0.4, 0.5) is 17.3 Å². The topological polar surface area (TPSA) is 112 Å². The molecule has 3 aromatic rings. The minimum absolute atomic E-state index is 0.167. The van der Waals surface area contributed by atoms with Crippen molar-refractivity contribution in [1.29, 1.82) is 0 Å². The minimum Gasteiger partial charge on any atom is -0.465 e. The van der Waals surface area contributed by atoms with Gasteiger partial charge >= 0.3 is 5.97 Å². The summed E-state index contributed by atoms with van der Waals surface area (Å²) in [6.45, 7) is 0.167. The molecular formula is C20H16N4O5. The second kappa shape index (κ2) is 7.85. The van der Waals surface area contributed by atoms with E-state index in [1.165, 1.54) is 19.5 Å². The van der Waals surface area contributed by atoms with Crippen LogP contribution in [0, 0.1) is 0 Å². The van der Waals surface area contributed by atoms with Gasteiger partial charge in [0.15, 0.2) is 11.5 Å². The average Bonchev–Trinajstić information content (AvgIpc) is 3.22. The third-order valence-electron chi connectivity index (χ3n) is 4.11. The molecule has 9 nitrogen and oxygen atoms in total. The number of nitrogens with one attached hydrogen (secondary N) is 2. The van der Waals surface area contributed by atoms with E-state index in [4.69, 9.17) is 9.47 Å². The number of methoxy groups -OCH3 is 1. The van der Waals surface area contributed by atoms with Gasteiger partial charge in [0, 0.05) is 29.8 Å². The lowest BCUT2D eigenvalue weighted by Crippen LogP contribution is -2.13. The summed E-state index contributed by atoms with van der Waals surface area (Å²) in [5, 5.41) is 5.76. The standard InChI is InChI=1S/C20H16N4O5/c1-27-19(26)12-2-4-14(5-3-12)24-20-21-9-13(10-22-20)18(25)23-15-6-7-16-17(8-15)29-11-28-16/h2-10H,11H2,1H3,(H,23,25)(H,21,22,24). The molecule has 0 unspecified atom stereocenters. The second-order valence-corrected chi connectivity index (χ2v) is 6.01. The van der Waals surface area contributed by atoms with Crippen LogP contribution in [-0.2, 0) is 4.74 Å². The van der Waals surface area contributed by atoms with Gasteiger partial charge in [-0.05, 0) is 36.4 Å². The van der Waals surface area contributed by atoms with Crippen LogP contribution in [0.2, 0.25) is 0 Å². The molecule has 0 aliphatic carbocycles. The van der Waals surface area contributed by atoms with E-state index < -0.39 is 5.97 Å². The zero-order valence-corrected chi connectivity index (χ0v) is 15.3. The third-order valence-corrected chi connectivity index (χ3v) is 4.11. The van der Waals surface area contributed by atoms with Crippen LogP contribution < -0.4 is 20.1 Å². The molecule has 1 aromatic heterocycles. The Bertz CT molecular complexity index is 1050. The Hall–Kier alpha value is -4.14. The molecule has 0 bridgehead atoms. The summed E-state index contributed by atoms with van der Waals surface area (Å²) in [5.41, 5.74) is 2.01. The van der Waals surface area contributed by atoms with Crippen LogP contribution in [0.3, 0.4) is 0 Å². The Labute approximate surface area is 165 Å². The van der Waals surface area contributed by atoms with E-state index in [1.54, 1.807) is 42.5 Å². The average molecular weight is 392 g/mol. The van der Waals surface area contributed by atoms with Gasteiger partial charge in [-0.3, -0.25) is 4.79 Å². The molecule has 2 aromatic carbocycles. The quantitative estimate of drug-likeness (QED) is 0.638. The van der Waals surface area contributed by atoms with Gasteiger partial charge in [-0.1, -0.05) is 0 Å². The zero-order chi connectivity index (χ0) is 20.2. The van der Waals surface area contributed by atoms with Crippen LogP contribution in [-0.4, -0.2) is 35.7 Å². The molecule has 29 heavy (non-hydrogen) atoms. The fourth-order valence-electron chi connectivity index (χ4n) is 2.62. The molecule has 0 saturated carbocycles. The summed E-state index contributed by atoms with van der Waals surface area (Å²) < 4.78 is 15.2. The summed E-state index contributed by atoms with van der Waals surface area (Å²) in [7, 11) is 1.33. The molecule has 1 aliphatic heterocycles. The van der Waals surface area contributed by atoms with E-state index in [2.05, 4.69) is 25.3 Å². The maximum Gasteiger partial charge on any atom is 0.337 e. The van der Waals surface area contributed by atoms with E-state index in [0.717, 1.165) is 0 Å². The van der Waals surface area contributed by atoms with Crippen LogP contribution in [0.15, 0.2) is 54.9 Å². The molecule has 146 valence electrons. The van der Waals surface area contributed by atoms with Crippen molar-refractivity contribution in [3.8, 4) is 11.5 Å². The van der Waals surface area contributed by atoms with Crippen molar-refractivity contribution >= 4 is 29.2 Å². The number of benzene rings is 2. The first kappa shape index (κ1) is 18.2. The van der Waals surface area contributed by atoms with Crippen molar-refractivity contribution < 1.29 is 23.8 Å². The number of esters is 1. The first-order chi connectivity index (χ1) is 14.1. The maximum atomic E-state index is 12.4. The number of nitrogens with zero attached hydrogens (tertiary/aromatic N) is 2. The Morgan fingerprint density at radius 3 is 2.34 bits per heavy atom. The van der Waals surface area contributed by atoms with Crippen molar-refractivity contribution in [3.63, 3.8) is 0 Å². The molecule has 0 saturated heterocycles. The van der Waals surface area contributed by atoms with Gasteiger partial charge in [0.05, 0.1) is 18.2 Å². The van der Waals surface area contributed by atoms with Crippen LogP contribution >= 0.6 is 0 Å². The predicted octanol–water partition coefficient (Wildman–Crippen LogP) is 2.99. The molecule has 4 rings (SSSR count). The summed E-state index contributed by atoms with van der Waals surface area (Å²) in [6.07, 6.45) is 2.83. The molecule has 0 atom stereocenters. The molecule has 0 radical (unpaired) electrons.